The third-order valence-electron chi connectivity index (χ3n) is 6.69. The second kappa shape index (κ2) is 9.64. The Kier molecular flexibility index (Phi) is 6.50. The van der Waals surface area contributed by atoms with E-state index in [0.717, 1.165) is 20.9 Å². The normalized spacial score (nSPS) is 18.5. The number of nitrogens with zero attached hydrogens (tertiary/aromatic N) is 4. The average Bonchev–Trinajstić information content (AvgIpc) is 3.38. The molecule has 10 nitrogen and oxygen atoms in total. The molecule has 5 rings (SSSR count). The number of amides is 4. The summed E-state index contributed by atoms with van der Waals surface area (Å²) < 4.78 is 0. The summed E-state index contributed by atoms with van der Waals surface area (Å²) in [6.45, 7) is 4.66. The first-order valence-corrected chi connectivity index (χ1v) is 12.9. The number of carbonyl (C=O) groups excluding carboxylic acids is 2. The van der Waals surface area contributed by atoms with Crippen molar-refractivity contribution >= 4 is 46.9 Å². The number of hydrogen-bond donors (Lipinski definition) is 3. The number of anilines is 1. The first-order chi connectivity index (χ1) is 17.6. The van der Waals surface area contributed by atoms with Crippen LogP contribution in [0.3, 0.4) is 0 Å². The fourth-order valence-electron chi connectivity index (χ4n) is 4.62. The third-order valence-corrected chi connectivity index (χ3v) is 8.26. The van der Waals surface area contributed by atoms with Crippen molar-refractivity contribution in [3.05, 3.63) is 63.6 Å². The summed E-state index contributed by atoms with van der Waals surface area (Å²) in [7, 11) is 0. The SMILES string of the molecule is CC1(C)C(=O)NC(=O)N1CCNc1ncc(Cl)c(-c2cc3c(s2)C(c2ccccc2)CN(C(=O)O)C3)n1. The van der Waals surface area contributed by atoms with Gasteiger partial charge in [0, 0.05) is 30.4 Å². The monoisotopic (exact) mass is 540 g/mol. The van der Waals surface area contributed by atoms with E-state index < -0.39 is 17.7 Å². The number of thiophene rings is 1. The molecule has 2 aliphatic heterocycles. The van der Waals surface area contributed by atoms with E-state index in [1.54, 1.807) is 25.2 Å². The molecule has 3 N–H and O–H groups in total. The molecule has 0 aliphatic carbocycles. The smallest absolute Gasteiger partial charge is 0.407 e. The van der Waals surface area contributed by atoms with Crippen LogP contribution in [0.4, 0.5) is 15.5 Å². The molecule has 37 heavy (non-hydrogen) atoms. The van der Waals surface area contributed by atoms with Gasteiger partial charge in [0.2, 0.25) is 5.95 Å². The van der Waals surface area contributed by atoms with E-state index in [4.69, 9.17) is 11.6 Å². The Bertz CT molecular complexity index is 1380. The Hall–Kier alpha value is -3.70. The Morgan fingerprint density at radius 3 is 2.73 bits per heavy atom. The molecule has 1 atom stereocenters. The molecule has 4 amide bonds. The van der Waals surface area contributed by atoms with Crippen molar-refractivity contribution in [2.75, 3.05) is 25.0 Å². The van der Waals surface area contributed by atoms with Crippen molar-refractivity contribution in [2.24, 2.45) is 0 Å². The zero-order chi connectivity index (χ0) is 26.3. The molecule has 2 aliphatic rings. The zero-order valence-electron chi connectivity index (χ0n) is 20.2. The number of benzene rings is 1. The summed E-state index contributed by atoms with van der Waals surface area (Å²) in [6.07, 6.45) is 0.557. The number of imide groups is 1. The second-order valence-corrected chi connectivity index (χ2v) is 10.9. The van der Waals surface area contributed by atoms with Crippen LogP contribution in [0.2, 0.25) is 5.02 Å². The van der Waals surface area contributed by atoms with Crippen molar-refractivity contribution in [1.82, 2.24) is 25.1 Å². The highest BCUT2D eigenvalue weighted by atomic mass is 35.5. The van der Waals surface area contributed by atoms with E-state index in [-0.39, 0.29) is 18.4 Å². The van der Waals surface area contributed by atoms with Crippen molar-refractivity contribution in [2.45, 2.75) is 31.8 Å². The molecule has 3 aromatic rings. The molecule has 0 radical (unpaired) electrons. The van der Waals surface area contributed by atoms with Gasteiger partial charge in [-0.3, -0.25) is 10.1 Å². The van der Waals surface area contributed by atoms with E-state index >= 15 is 0 Å². The van der Waals surface area contributed by atoms with Crippen molar-refractivity contribution in [3.8, 4) is 10.6 Å². The van der Waals surface area contributed by atoms with E-state index in [1.807, 2.05) is 36.4 Å². The van der Waals surface area contributed by atoms with Gasteiger partial charge in [0.25, 0.3) is 5.91 Å². The largest absolute Gasteiger partial charge is 0.465 e. The lowest BCUT2D eigenvalue weighted by molar-refractivity contribution is -0.125. The van der Waals surface area contributed by atoms with Gasteiger partial charge in [0.05, 0.1) is 22.6 Å². The van der Waals surface area contributed by atoms with Crippen LogP contribution in [-0.4, -0.2) is 68.1 Å². The van der Waals surface area contributed by atoms with Gasteiger partial charge in [-0.1, -0.05) is 41.9 Å². The highest BCUT2D eigenvalue weighted by Gasteiger charge is 2.45. The Morgan fingerprint density at radius 1 is 1.30 bits per heavy atom. The fraction of sp³-hybridized carbons (Fsp3) is 0.320. The van der Waals surface area contributed by atoms with Crippen LogP contribution in [-0.2, 0) is 11.3 Å². The zero-order valence-corrected chi connectivity index (χ0v) is 21.8. The van der Waals surface area contributed by atoms with E-state index in [9.17, 15) is 19.5 Å². The molecule has 1 aromatic carbocycles. The van der Waals surface area contributed by atoms with Gasteiger partial charge in [0.1, 0.15) is 11.2 Å². The molecular formula is C25H25ClN6O4S. The van der Waals surface area contributed by atoms with Gasteiger partial charge in [-0.2, -0.15) is 0 Å². The van der Waals surface area contributed by atoms with E-state index in [2.05, 4.69) is 20.6 Å². The van der Waals surface area contributed by atoms with Crippen LogP contribution in [0.15, 0.2) is 42.6 Å². The molecule has 0 saturated carbocycles. The van der Waals surface area contributed by atoms with Crippen molar-refractivity contribution in [3.63, 3.8) is 0 Å². The van der Waals surface area contributed by atoms with Crippen LogP contribution in [0.25, 0.3) is 10.6 Å². The summed E-state index contributed by atoms with van der Waals surface area (Å²) in [6, 6.07) is 11.4. The molecule has 1 saturated heterocycles. The first kappa shape index (κ1) is 25.0. The Morgan fingerprint density at radius 2 is 2.05 bits per heavy atom. The maximum Gasteiger partial charge on any atom is 0.407 e. The number of aromatic nitrogens is 2. The molecule has 1 fully saturated rings. The minimum Gasteiger partial charge on any atom is -0.465 e. The summed E-state index contributed by atoms with van der Waals surface area (Å²) in [4.78, 5) is 49.6. The number of carboxylic acid groups (broad SMARTS) is 1. The molecule has 4 heterocycles. The number of halogens is 1. The van der Waals surface area contributed by atoms with Crippen LogP contribution in [0.5, 0.6) is 0 Å². The fourth-order valence-corrected chi connectivity index (χ4v) is 6.17. The predicted octanol–water partition coefficient (Wildman–Crippen LogP) is 4.23. The van der Waals surface area contributed by atoms with Crippen LogP contribution in [0.1, 0.15) is 35.8 Å². The number of rotatable bonds is 6. The summed E-state index contributed by atoms with van der Waals surface area (Å²) in [5, 5.41) is 15.5. The van der Waals surface area contributed by atoms with Crippen molar-refractivity contribution < 1.29 is 19.5 Å². The quantitative estimate of drug-likeness (QED) is 0.399. The standard InChI is InChI=1S/C25H25ClN6O4S/c1-25(2)21(33)30-23(34)32(25)9-8-27-22-28-11-17(26)19(29-22)18-10-15-12-31(24(35)36)13-16(20(15)37-18)14-6-4-3-5-7-14/h3-7,10-11,16H,8-9,12-13H2,1-2H3,(H,35,36)(H,27,28,29)(H,30,33,34). The van der Waals surface area contributed by atoms with Crippen LogP contribution >= 0.6 is 22.9 Å². The van der Waals surface area contributed by atoms with Crippen LogP contribution < -0.4 is 10.6 Å². The third kappa shape index (κ3) is 4.72. The maximum atomic E-state index is 12.1. The lowest BCUT2D eigenvalue weighted by atomic mass is 9.91. The van der Waals surface area contributed by atoms with Gasteiger partial charge in [-0.15, -0.1) is 11.3 Å². The summed E-state index contributed by atoms with van der Waals surface area (Å²) in [5.74, 6) is -0.0866. The van der Waals surface area contributed by atoms with Gasteiger partial charge < -0.3 is 20.2 Å². The van der Waals surface area contributed by atoms with Gasteiger partial charge in [-0.25, -0.2) is 19.6 Å². The summed E-state index contributed by atoms with van der Waals surface area (Å²) in [5.41, 5.74) is 1.59. The molecule has 12 heteroatoms. The molecule has 192 valence electrons. The van der Waals surface area contributed by atoms with Gasteiger partial charge in [0.15, 0.2) is 0 Å². The molecule has 1 unspecified atom stereocenters. The minimum absolute atomic E-state index is 0.0873. The Balaban J connectivity index is 1.39. The minimum atomic E-state index is -0.956. The highest BCUT2D eigenvalue weighted by molar-refractivity contribution is 7.15. The second-order valence-electron chi connectivity index (χ2n) is 9.41. The topological polar surface area (TPSA) is 128 Å². The maximum absolute atomic E-state index is 12.1. The highest BCUT2D eigenvalue weighted by Crippen LogP contribution is 2.43. The number of fused-ring (bicyclic) bond motifs is 1. The average molecular weight is 541 g/mol. The van der Waals surface area contributed by atoms with E-state index in [0.29, 0.717) is 36.3 Å². The van der Waals surface area contributed by atoms with Gasteiger partial charge in [-0.05, 0) is 31.0 Å². The van der Waals surface area contributed by atoms with E-state index in [1.165, 1.54) is 16.0 Å². The van der Waals surface area contributed by atoms with Crippen molar-refractivity contribution in [1.29, 1.82) is 0 Å². The number of hydrogen-bond acceptors (Lipinski definition) is 7. The first-order valence-electron chi connectivity index (χ1n) is 11.7. The molecular weight excluding hydrogens is 516 g/mol. The Labute approximate surface area is 222 Å². The lowest BCUT2D eigenvalue weighted by Gasteiger charge is -2.31. The molecule has 2 aromatic heterocycles. The number of nitrogens with one attached hydrogen (secondary N) is 2. The molecule has 0 spiro atoms. The number of urea groups is 1. The predicted molar refractivity (Wildman–Crippen MR) is 140 cm³/mol. The number of carbonyl (C=O) groups is 3. The summed E-state index contributed by atoms with van der Waals surface area (Å²) >= 11 is 8.04. The molecule has 0 bridgehead atoms. The van der Waals surface area contributed by atoms with Crippen LogP contribution in [0, 0.1) is 0 Å². The van der Waals surface area contributed by atoms with Gasteiger partial charge >= 0.3 is 12.1 Å². The lowest BCUT2D eigenvalue weighted by Crippen LogP contribution is -2.46.